The molecular weight excluding hydrogens is 714 g/mol. The highest BCUT2D eigenvalue weighted by molar-refractivity contribution is 5.95. The first kappa shape index (κ1) is 46.4. The molecule has 2 rings (SSSR count). The number of carbonyl (C=O) groups is 5. The lowest BCUT2D eigenvalue weighted by atomic mass is 9.82. The maximum atomic E-state index is 13.9. The second kappa shape index (κ2) is 24.6. The number of unbranched alkanes of at least 4 members (excludes halogenated alkanes) is 8. The number of Topliss-reactive ketones (excluding diaryl/α,β-unsaturated/α-hetero) is 1. The first-order chi connectivity index (χ1) is 26.2. The van der Waals surface area contributed by atoms with Gasteiger partial charge < -0.3 is 38.6 Å². The number of benzene rings is 1. The summed E-state index contributed by atoms with van der Waals surface area (Å²) in [5.41, 5.74) is -2.39. The van der Waals surface area contributed by atoms with Crippen LogP contribution in [-0.2, 0) is 46.5 Å². The highest BCUT2D eigenvalue weighted by Crippen LogP contribution is 2.27. The van der Waals surface area contributed by atoms with Crippen molar-refractivity contribution in [2.45, 2.75) is 148 Å². The van der Waals surface area contributed by atoms with Gasteiger partial charge in [0.25, 0.3) is 0 Å². The number of allylic oxidation sites excluding steroid dienone is 1. The molecule has 14 heteroatoms. The van der Waals surface area contributed by atoms with Gasteiger partial charge in [-0.2, -0.15) is 0 Å². The average molecular weight is 774 g/mol. The van der Waals surface area contributed by atoms with Crippen LogP contribution in [0.15, 0.2) is 50.0 Å². The Balaban J connectivity index is 2.18. The van der Waals surface area contributed by atoms with E-state index >= 15 is 0 Å². The summed E-state index contributed by atoms with van der Waals surface area (Å²) in [5.74, 6) is -7.04. The Kier molecular flexibility index (Phi) is 20.8. The van der Waals surface area contributed by atoms with E-state index in [1.165, 1.54) is 25.5 Å². The number of methoxy groups -OCH3 is 1. The Morgan fingerprint density at radius 3 is 2.13 bits per heavy atom. The van der Waals surface area contributed by atoms with E-state index in [0.29, 0.717) is 37.0 Å². The Bertz CT molecular complexity index is 1590. The summed E-state index contributed by atoms with van der Waals surface area (Å²) in [6.07, 6.45) is 12.3. The summed E-state index contributed by atoms with van der Waals surface area (Å²) in [6, 6.07) is 5.60. The standard InChI is InChI=1S/C41H59NO13/c1-6-8-9-12-15-18-31(43)19-16-13-10-11-14-17-20-33(41(50,39(47)48)26-36(44)52-27-35-29(4)54-40(49)55-35)37(45)42-34(38(46)51-5)25-30-21-23-32(24-22-30)53-28(3)7-2/h17,20-24,28,33-34,50H,6-16,18-19,25-27H2,1-5H3,(H,42,45)(H,47,48)/b20-17+/t28-,33?,34-,41-/m0/s1. The molecule has 0 radical (unpaired) electrons. The molecule has 55 heavy (non-hydrogen) atoms. The van der Waals surface area contributed by atoms with E-state index in [1.807, 2.05) is 13.8 Å². The Morgan fingerprint density at radius 2 is 1.56 bits per heavy atom. The highest BCUT2D eigenvalue weighted by atomic mass is 16.6. The molecule has 0 saturated heterocycles. The molecule has 2 aromatic rings. The molecule has 1 aromatic carbocycles. The minimum absolute atomic E-state index is 0.0101. The number of amides is 1. The number of rotatable bonds is 28. The molecular formula is C41H59NO13. The number of ketones is 1. The largest absolute Gasteiger partial charge is 0.519 e. The van der Waals surface area contributed by atoms with Crippen molar-refractivity contribution in [3.63, 3.8) is 0 Å². The van der Waals surface area contributed by atoms with E-state index < -0.39 is 60.2 Å². The number of carboxylic acids is 1. The van der Waals surface area contributed by atoms with Crippen molar-refractivity contribution in [2.24, 2.45) is 5.92 Å². The van der Waals surface area contributed by atoms with Crippen molar-refractivity contribution in [2.75, 3.05) is 7.11 Å². The highest BCUT2D eigenvalue weighted by Gasteiger charge is 2.49. The normalized spacial score (nSPS) is 14.1. The smallest absolute Gasteiger partial charge is 0.491 e. The monoisotopic (exact) mass is 773 g/mol. The van der Waals surface area contributed by atoms with Gasteiger partial charge in [-0.15, -0.1) is 0 Å². The van der Waals surface area contributed by atoms with Gasteiger partial charge in [-0.1, -0.05) is 76.7 Å². The number of aliphatic hydroxyl groups is 1. The van der Waals surface area contributed by atoms with E-state index in [4.69, 9.17) is 23.0 Å². The summed E-state index contributed by atoms with van der Waals surface area (Å²) in [5, 5.41) is 24.3. The third kappa shape index (κ3) is 16.7. The van der Waals surface area contributed by atoms with Crippen LogP contribution >= 0.6 is 0 Å². The van der Waals surface area contributed by atoms with Crippen LogP contribution in [0.2, 0.25) is 0 Å². The lowest BCUT2D eigenvalue weighted by Gasteiger charge is -2.30. The van der Waals surface area contributed by atoms with Crippen molar-refractivity contribution in [3.05, 3.63) is 64.1 Å². The van der Waals surface area contributed by atoms with Gasteiger partial charge in [0.1, 0.15) is 17.6 Å². The summed E-state index contributed by atoms with van der Waals surface area (Å²) in [7, 11) is 1.14. The third-order valence-electron chi connectivity index (χ3n) is 9.32. The van der Waals surface area contributed by atoms with E-state index in [1.54, 1.807) is 24.3 Å². The topological polar surface area (TPSA) is 209 Å². The van der Waals surface area contributed by atoms with Crippen LogP contribution in [-0.4, -0.2) is 64.7 Å². The van der Waals surface area contributed by atoms with E-state index in [-0.39, 0.29) is 29.8 Å². The third-order valence-corrected chi connectivity index (χ3v) is 9.32. The second-order valence-electron chi connectivity index (χ2n) is 13.8. The van der Waals surface area contributed by atoms with Gasteiger partial charge in [-0.05, 0) is 63.6 Å². The molecule has 14 nitrogen and oxygen atoms in total. The fourth-order valence-corrected chi connectivity index (χ4v) is 5.78. The van der Waals surface area contributed by atoms with Gasteiger partial charge in [-0.3, -0.25) is 14.4 Å². The number of aryl methyl sites for hydroxylation is 1. The van der Waals surface area contributed by atoms with Crippen LogP contribution in [0.25, 0.3) is 0 Å². The predicted molar refractivity (Wildman–Crippen MR) is 202 cm³/mol. The van der Waals surface area contributed by atoms with Crippen LogP contribution in [0.4, 0.5) is 0 Å². The molecule has 0 spiro atoms. The summed E-state index contributed by atoms with van der Waals surface area (Å²) in [4.78, 5) is 75.8. The molecule has 1 unspecified atom stereocenters. The van der Waals surface area contributed by atoms with Crippen molar-refractivity contribution < 1.29 is 57.2 Å². The number of hydrogen-bond acceptors (Lipinski definition) is 12. The number of ether oxygens (including phenoxy) is 3. The van der Waals surface area contributed by atoms with E-state index in [2.05, 4.69) is 12.2 Å². The number of hydrogen-bond donors (Lipinski definition) is 3. The molecule has 1 amide bonds. The molecule has 0 bridgehead atoms. The first-order valence-electron chi connectivity index (χ1n) is 19.3. The van der Waals surface area contributed by atoms with Crippen LogP contribution in [0.1, 0.15) is 128 Å². The Hall–Kier alpha value is -4.72. The van der Waals surface area contributed by atoms with Gasteiger partial charge in [-0.25, -0.2) is 14.4 Å². The summed E-state index contributed by atoms with van der Waals surface area (Å²) in [6.45, 7) is 6.88. The van der Waals surface area contributed by atoms with Crippen LogP contribution in [0.5, 0.6) is 5.75 Å². The van der Waals surface area contributed by atoms with Gasteiger partial charge in [0, 0.05) is 19.3 Å². The van der Waals surface area contributed by atoms with Gasteiger partial charge in [0.2, 0.25) is 5.91 Å². The molecule has 0 aliphatic carbocycles. The van der Waals surface area contributed by atoms with Crippen molar-refractivity contribution in [3.8, 4) is 5.75 Å². The van der Waals surface area contributed by atoms with E-state index in [9.17, 15) is 39.0 Å². The molecule has 0 fully saturated rings. The predicted octanol–water partition coefficient (Wildman–Crippen LogP) is 6.31. The quantitative estimate of drug-likeness (QED) is 0.0493. The van der Waals surface area contributed by atoms with Crippen LogP contribution < -0.4 is 15.9 Å². The van der Waals surface area contributed by atoms with Gasteiger partial charge in [0.15, 0.2) is 23.7 Å². The summed E-state index contributed by atoms with van der Waals surface area (Å²) < 4.78 is 25.3. The van der Waals surface area contributed by atoms with Crippen molar-refractivity contribution >= 4 is 29.6 Å². The number of carbonyl (C=O) groups excluding carboxylic acids is 4. The maximum absolute atomic E-state index is 13.9. The number of carboxylic acid groups (broad SMARTS) is 1. The fraction of sp³-hybridized carbons (Fsp3) is 0.610. The first-order valence-corrected chi connectivity index (χ1v) is 19.3. The average Bonchev–Trinajstić information content (AvgIpc) is 3.48. The number of esters is 2. The van der Waals surface area contributed by atoms with Crippen molar-refractivity contribution in [1.29, 1.82) is 0 Å². The lowest BCUT2D eigenvalue weighted by molar-refractivity contribution is -0.174. The van der Waals surface area contributed by atoms with Gasteiger partial charge in [0.05, 0.1) is 25.6 Å². The number of aliphatic carboxylic acids is 1. The molecule has 306 valence electrons. The fourth-order valence-electron chi connectivity index (χ4n) is 5.78. The zero-order chi connectivity index (χ0) is 40.8. The molecule has 4 atom stereocenters. The lowest BCUT2D eigenvalue weighted by Crippen LogP contribution is -2.55. The minimum Gasteiger partial charge on any atom is -0.491 e. The molecule has 1 aromatic heterocycles. The van der Waals surface area contributed by atoms with Crippen LogP contribution in [0, 0.1) is 12.8 Å². The SMILES string of the molecule is CCCCCCCC(=O)CCCCCC/C=C/C(C(=O)N[C@@H](Cc1ccc(O[C@@H](C)CC)cc1)C(=O)OC)[C@@](O)(CC(=O)OCc1oc(=O)oc1C)C(=O)O. The van der Waals surface area contributed by atoms with E-state index in [0.717, 1.165) is 58.5 Å². The van der Waals surface area contributed by atoms with Gasteiger partial charge >= 0.3 is 23.7 Å². The second-order valence-corrected chi connectivity index (χ2v) is 13.8. The zero-order valence-corrected chi connectivity index (χ0v) is 32.9. The molecule has 3 N–H and O–H groups in total. The summed E-state index contributed by atoms with van der Waals surface area (Å²) >= 11 is 0. The number of nitrogens with one attached hydrogen (secondary N) is 1. The Labute approximate surface area is 323 Å². The Morgan fingerprint density at radius 1 is 0.927 bits per heavy atom. The maximum Gasteiger partial charge on any atom is 0.519 e. The minimum atomic E-state index is -3.02. The molecule has 1 heterocycles. The molecule has 0 saturated carbocycles. The molecule has 0 aliphatic rings. The van der Waals surface area contributed by atoms with Crippen molar-refractivity contribution in [1.82, 2.24) is 5.32 Å². The zero-order valence-electron chi connectivity index (χ0n) is 32.9. The molecule has 0 aliphatic heterocycles. The van der Waals surface area contributed by atoms with Crippen LogP contribution in [0.3, 0.4) is 0 Å².